The molecule has 1 aromatic rings. The number of piperidine rings is 1. The third kappa shape index (κ3) is 4.06. The number of hydrogen-bond donors (Lipinski definition) is 0. The maximum Gasteiger partial charge on any atom is 0.254 e. The van der Waals surface area contributed by atoms with Gasteiger partial charge in [-0.15, -0.1) is 0 Å². The highest BCUT2D eigenvalue weighted by Crippen LogP contribution is 2.36. The molecule has 1 aliphatic carbocycles. The fourth-order valence-electron chi connectivity index (χ4n) is 4.66. The summed E-state index contributed by atoms with van der Waals surface area (Å²) >= 11 is 0. The van der Waals surface area contributed by atoms with Gasteiger partial charge in [0.1, 0.15) is 0 Å². The predicted molar refractivity (Wildman–Crippen MR) is 107 cm³/mol. The van der Waals surface area contributed by atoms with E-state index in [0.717, 1.165) is 31.0 Å². The highest BCUT2D eigenvalue weighted by molar-refractivity contribution is 7.89. The second-order valence-electron chi connectivity index (χ2n) is 7.91. The van der Waals surface area contributed by atoms with Crippen molar-refractivity contribution in [2.45, 2.75) is 57.8 Å². The van der Waals surface area contributed by atoms with Gasteiger partial charge in [0, 0.05) is 31.7 Å². The van der Waals surface area contributed by atoms with Crippen LogP contribution in [-0.4, -0.2) is 49.7 Å². The summed E-state index contributed by atoms with van der Waals surface area (Å²) in [6.45, 7) is 7.98. The van der Waals surface area contributed by atoms with Gasteiger partial charge in [-0.25, -0.2) is 8.42 Å². The lowest BCUT2D eigenvalue weighted by molar-refractivity contribution is 0.0520. The van der Waals surface area contributed by atoms with Crippen LogP contribution in [0.3, 0.4) is 0 Å². The molecule has 27 heavy (non-hydrogen) atoms. The Morgan fingerprint density at radius 3 is 2.44 bits per heavy atom. The predicted octanol–water partition coefficient (Wildman–Crippen LogP) is 3.68. The Morgan fingerprint density at radius 2 is 1.78 bits per heavy atom. The molecule has 1 saturated carbocycles. The maximum absolute atomic E-state index is 13.2. The van der Waals surface area contributed by atoms with E-state index in [0.29, 0.717) is 24.6 Å². The van der Waals surface area contributed by atoms with E-state index >= 15 is 0 Å². The average molecular weight is 393 g/mol. The van der Waals surface area contributed by atoms with E-state index < -0.39 is 10.0 Å². The third-order valence-corrected chi connectivity index (χ3v) is 8.41. The van der Waals surface area contributed by atoms with E-state index in [4.69, 9.17) is 0 Å². The molecule has 1 saturated heterocycles. The number of sulfonamides is 1. The molecule has 1 aliphatic heterocycles. The number of carbonyl (C=O) groups is 1. The Labute approximate surface area is 163 Å². The fraction of sp³-hybridized carbons (Fsp3) is 0.667. The van der Waals surface area contributed by atoms with Crippen molar-refractivity contribution >= 4 is 15.9 Å². The van der Waals surface area contributed by atoms with Crippen LogP contribution in [0.15, 0.2) is 23.1 Å². The van der Waals surface area contributed by atoms with E-state index in [9.17, 15) is 13.2 Å². The first-order valence-electron chi connectivity index (χ1n) is 10.3. The first-order valence-corrected chi connectivity index (χ1v) is 11.7. The minimum absolute atomic E-state index is 0.0203. The van der Waals surface area contributed by atoms with Crippen LogP contribution >= 0.6 is 0 Å². The number of likely N-dealkylation sites (tertiary alicyclic amines) is 1. The monoisotopic (exact) mass is 392 g/mol. The molecule has 1 heterocycles. The number of fused-ring (bicyclic) bond motifs is 1. The number of amides is 1. The first-order chi connectivity index (χ1) is 12.9. The molecule has 0 radical (unpaired) electrons. The molecular weight excluding hydrogens is 360 g/mol. The lowest BCUT2D eigenvalue weighted by Crippen LogP contribution is -2.45. The van der Waals surface area contributed by atoms with Crippen molar-refractivity contribution in [2.24, 2.45) is 11.8 Å². The zero-order valence-electron chi connectivity index (χ0n) is 16.8. The van der Waals surface area contributed by atoms with Crippen LogP contribution in [-0.2, 0) is 10.0 Å². The van der Waals surface area contributed by atoms with Crippen molar-refractivity contribution in [3.8, 4) is 0 Å². The molecule has 0 bridgehead atoms. The molecule has 6 heteroatoms. The van der Waals surface area contributed by atoms with Crippen molar-refractivity contribution in [3.05, 3.63) is 29.3 Å². The summed E-state index contributed by atoms with van der Waals surface area (Å²) in [5.41, 5.74) is 1.36. The Bertz CT molecular complexity index is 787. The van der Waals surface area contributed by atoms with Crippen LogP contribution in [0, 0.1) is 18.8 Å². The summed E-state index contributed by atoms with van der Waals surface area (Å²) in [5.74, 6) is 1.35. The molecule has 2 fully saturated rings. The second-order valence-corrected chi connectivity index (χ2v) is 9.85. The third-order valence-electron chi connectivity index (χ3n) is 6.36. The Balaban J connectivity index is 1.85. The van der Waals surface area contributed by atoms with E-state index in [1.807, 2.05) is 25.7 Å². The molecular formula is C21H32N2O3S. The molecule has 2 aliphatic rings. The molecule has 3 rings (SSSR count). The number of rotatable bonds is 5. The quantitative estimate of drug-likeness (QED) is 0.768. The van der Waals surface area contributed by atoms with E-state index in [1.54, 1.807) is 18.2 Å². The molecule has 150 valence electrons. The number of nitrogens with zero attached hydrogens (tertiary/aromatic N) is 2. The lowest BCUT2D eigenvalue weighted by atomic mass is 9.75. The molecule has 0 N–H and O–H groups in total. The van der Waals surface area contributed by atoms with Gasteiger partial charge in [-0.2, -0.15) is 4.31 Å². The highest BCUT2D eigenvalue weighted by atomic mass is 32.2. The molecule has 5 nitrogen and oxygen atoms in total. The van der Waals surface area contributed by atoms with Gasteiger partial charge in [-0.3, -0.25) is 4.79 Å². The van der Waals surface area contributed by atoms with Crippen molar-refractivity contribution in [1.29, 1.82) is 0 Å². The molecule has 2 atom stereocenters. The summed E-state index contributed by atoms with van der Waals surface area (Å²) in [6, 6.07) is 4.96. The molecule has 0 unspecified atom stereocenters. The van der Waals surface area contributed by atoms with Crippen LogP contribution in [0.5, 0.6) is 0 Å². The number of aryl methyl sites for hydroxylation is 1. The fourth-order valence-corrected chi connectivity index (χ4v) is 6.15. The van der Waals surface area contributed by atoms with Crippen LogP contribution in [0.25, 0.3) is 0 Å². The normalized spacial score (nSPS) is 23.3. The summed E-state index contributed by atoms with van der Waals surface area (Å²) in [6.07, 6.45) is 6.17. The number of benzene rings is 1. The van der Waals surface area contributed by atoms with Crippen molar-refractivity contribution in [1.82, 2.24) is 9.21 Å². The Kier molecular flexibility index (Phi) is 6.26. The van der Waals surface area contributed by atoms with Crippen molar-refractivity contribution < 1.29 is 13.2 Å². The van der Waals surface area contributed by atoms with Gasteiger partial charge in [0.15, 0.2) is 0 Å². The Morgan fingerprint density at radius 1 is 1.11 bits per heavy atom. The standard InChI is InChI=1S/C21H32N2O3S/c1-4-23(5-2)27(25,26)19-11-10-16(3)20(14-19)21(24)22-13-12-17-8-6-7-9-18(17)15-22/h10-11,14,17-18H,4-9,12-13,15H2,1-3H3/t17-,18-/m0/s1. The van der Waals surface area contributed by atoms with Gasteiger partial charge in [-0.1, -0.05) is 39.2 Å². The van der Waals surface area contributed by atoms with Crippen LogP contribution < -0.4 is 0 Å². The van der Waals surface area contributed by atoms with Crippen LogP contribution in [0.1, 0.15) is 61.9 Å². The minimum atomic E-state index is -3.56. The zero-order valence-corrected chi connectivity index (χ0v) is 17.6. The highest BCUT2D eigenvalue weighted by Gasteiger charge is 2.34. The largest absolute Gasteiger partial charge is 0.338 e. The van der Waals surface area contributed by atoms with Gasteiger partial charge < -0.3 is 4.90 Å². The van der Waals surface area contributed by atoms with Crippen molar-refractivity contribution in [3.63, 3.8) is 0 Å². The van der Waals surface area contributed by atoms with E-state index in [-0.39, 0.29) is 10.8 Å². The molecule has 1 amide bonds. The molecule has 0 spiro atoms. The second kappa shape index (κ2) is 8.31. The SMILES string of the molecule is CCN(CC)S(=O)(=O)c1ccc(C)c(C(=O)N2CC[C@@H]3CCCC[C@H]3C2)c1. The first kappa shape index (κ1) is 20.3. The van der Waals surface area contributed by atoms with Gasteiger partial charge >= 0.3 is 0 Å². The topological polar surface area (TPSA) is 57.7 Å². The van der Waals surface area contributed by atoms with Gasteiger partial charge in [-0.05, 0) is 49.3 Å². The van der Waals surface area contributed by atoms with Gasteiger partial charge in [0.25, 0.3) is 5.91 Å². The number of hydrogen-bond acceptors (Lipinski definition) is 3. The summed E-state index contributed by atoms with van der Waals surface area (Å²) < 4.78 is 27.1. The zero-order chi connectivity index (χ0) is 19.6. The minimum Gasteiger partial charge on any atom is -0.338 e. The molecule has 1 aromatic carbocycles. The summed E-state index contributed by atoms with van der Waals surface area (Å²) in [7, 11) is -3.56. The lowest BCUT2D eigenvalue weighted by Gasteiger charge is -2.41. The summed E-state index contributed by atoms with van der Waals surface area (Å²) in [5, 5.41) is 0. The maximum atomic E-state index is 13.2. The smallest absolute Gasteiger partial charge is 0.254 e. The Hall–Kier alpha value is -1.40. The van der Waals surface area contributed by atoms with Crippen LogP contribution in [0.4, 0.5) is 0 Å². The van der Waals surface area contributed by atoms with Crippen molar-refractivity contribution in [2.75, 3.05) is 26.2 Å². The number of carbonyl (C=O) groups excluding carboxylic acids is 1. The van der Waals surface area contributed by atoms with Gasteiger partial charge in [0.2, 0.25) is 10.0 Å². The average Bonchev–Trinajstić information content (AvgIpc) is 2.68. The van der Waals surface area contributed by atoms with Gasteiger partial charge in [0.05, 0.1) is 4.90 Å². The van der Waals surface area contributed by atoms with E-state index in [2.05, 4.69) is 0 Å². The molecule has 0 aromatic heterocycles. The summed E-state index contributed by atoms with van der Waals surface area (Å²) in [4.78, 5) is 15.4. The van der Waals surface area contributed by atoms with Crippen LogP contribution in [0.2, 0.25) is 0 Å². The van der Waals surface area contributed by atoms with E-state index in [1.165, 1.54) is 30.0 Å².